The Hall–Kier alpha value is -2.31. The van der Waals surface area contributed by atoms with E-state index < -0.39 is 0 Å². The van der Waals surface area contributed by atoms with Crippen LogP contribution in [0.15, 0.2) is 47.3 Å². The average Bonchev–Trinajstić information content (AvgIpc) is 3.15. The van der Waals surface area contributed by atoms with Gasteiger partial charge in [-0.05, 0) is 18.2 Å². The van der Waals surface area contributed by atoms with Crippen LogP contribution in [0.25, 0.3) is 32.9 Å². The molecule has 0 spiro atoms. The Kier molecular flexibility index (Phi) is 2.90. The second-order valence-electron chi connectivity index (χ2n) is 4.52. The standard InChI is InChI=1S/C15H10N4S2/c16-15-19-13(8-21-15)14-18-12(7-20-14)10-3-4-11-9(6-10)2-1-5-17-11/h1-8H,(H2,16,19). The van der Waals surface area contributed by atoms with Gasteiger partial charge in [0.1, 0.15) is 10.7 Å². The van der Waals surface area contributed by atoms with E-state index in [1.54, 1.807) is 17.5 Å². The highest BCUT2D eigenvalue weighted by Crippen LogP contribution is 2.31. The number of fused-ring (bicyclic) bond motifs is 1. The molecule has 4 nitrogen and oxygen atoms in total. The van der Waals surface area contributed by atoms with Gasteiger partial charge in [0.2, 0.25) is 0 Å². The van der Waals surface area contributed by atoms with E-state index in [1.807, 2.05) is 29.0 Å². The quantitative estimate of drug-likeness (QED) is 0.606. The van der Waals surface area contributed by atoms with Gasteiger partial charge < -0.3 is 5.73 Å². The third-order valence-corrected chi connectivity index (χ3v) is 4.68. The lowest BCUT2D eigenvalue weighted by Gasteiger charge is -2.00. The van der Waals surface area contributed by atoms with Gasteiger partial charge in [0.15, 0.2) is 5.13 Å². The number of pyridine rings is 1. The second kappa shape index (κ2) is 4.91. The molecule has 3 heterocycles. The first-order valence-electron chi connectivity index (χ1n) is 6.32. The Morgan fingerprint density at radius 2 is 1.86 bits per heavy atom. The molecule has 0 aliphatic heterocycles. The molecular weight excluding hydrogens is 300 g/mol. The normalized spacial score (nSPS) is 11.0. The van der Waals surface area contributed by atoms with E-state index in [1.165, 1.54) is 11.3 Å². The molecule has 2 N–H and O–H groups in total. The molecule has 0 fully saturated rings. The zero-order valence-corrected chi connectivity index (χ0v) is 12.5. The largest absolute Gasteiger partial charge is 0.375 e. The van der Waals surface area contributed by atoms with E-state index >= 15 is 0 Å². The molecular formula is C15H10N4S2. The lowest BCUT2D eigenvalue weighted by molar-refractivity contribution is 1.34. The van der Waals surface area contributed by atoms with Crippen LogP contribution in [0.4, 0.5) is 5.13 Å². The van der Waals surface area contributed by atoms with E-state index in [2.05, 4.69) is 27.1 Å². The van der Waals surface area contributed by atoms with Gasteiger partial charge in [-0.25, -0.2) is 9.97 Å². The van der Waals surface area contributed by atoms with Crippen molar-refractivity contribution >= 4 is 38.7 Å². The van der Waals surface area contributed by atoms with Gasteiger partial charge in [0.25, 0.3) is 0 Å². The minimum absolute atomic E-state index is 0.568. The Morgan fingerprint density at radius 1 is 0.952 bits per heavy atom. The average molecular weight is 310 g/mol. The number of hydrogen-bond acceptors (Lipinski definition) is 6. The Bertz CT molecular complexity index is 926. The SMILES string of the molecule is Nc1nc(-c2nc(-c3ccc4ncccc4c3)cs2)cs1. The first kappa shape index (κ1) is 12.4. The maximum absolute atomic E-state index is 5.67. The van der Waals surface area contributed by atoms with Crippen LogP contribution >= 0.6 is 22.7 Å². The highest BCUT2D eigenvalue weighted by atomic mass is 32.1. The highest BCUT2D eigenvalue weighted by molar-refractivity contribution is 7.15. The van der Waals surface area contributed by atoms with E-state index in [0.29, 0.717) is 5.13 Å². The molecule has 0 saturated heterocycles. The van der Waals surface area contributed by atoms with Crippen molar-refractivity contribution in [1.29, 1.82) is 0 Å². The van der Waals surface area contributed by atoms with Gasteiger partial charge in [-0.1, -0.05) is 12.1 Å². The summed E-state index contributed by atoms with van der Waals surface area (Å²) in [4.78, 5) is 13.3. The van der Waals surface area contributed by atoms with Crippen molar-refractivity contribution in [3.05, 3.63) is 47.3 Å². The number of anilines is 1. The van der Waals surface area contributed by atoms with Gasteiger partial charge >= 0.3 is 0 Å². The van der Waals surface area contributed by atoms with Crippen LogP contribution in [-0.4, -0.2) is 15.0 Å². The summed E-state index contributed by atoms with van der Waals surface area (Å²) in [5, 5.41) is 6.55. The van der Waals surface area contributed by atoms with E-state index in [9.17, 15) is 0 Å². The molecule has 0 bridgehead atoms. The van der Waals surface area contributed by atoms with Gasteiger partial charge in [-0.15, -0.1) is 22.7 Å². The number of nitrogens with two attached hydrogens (primary N) is 1. The van der Waals surface area contributed by atoms with Gasteiger partial charge in [-0.2, -0.15) is 0 Å². The van der Waals surface area contributed by atoms with Crippen LogP contribution in [0.5, 0.6) is 0 Å². The van der Waals surface area contributed by atoms with Gasteiger partial charge in [0, 0.05) is 27.9 Å². The second-order valence-corrected chi connectivity index (χ2v) is 6.27. The van der Waals surface area contributed by atoms with Crippen molar-refractivity contribution in [2.24, 2.45) is 0 Å². The molecule has 4 aromatic rings. The van der Waals surface area contributed by atoms with Crippen LogP contribution in [0, 0.1) is 0 Å². The van der Waals surface area contributed by atoms with Crippen LogP contribution in [0.1, 0.15) is 0 Å². The molecule has 0 saturated carbocycles. The maximum Gasteiger partial charge on any atom is 0.180 e. The van der Waals surface area contributed by atoms with Crippen LogP contribution < -0.4 is 5.73 Å². The highest BCUT2D eigenvalue weighted by Gasteiger charge is 2.10. The van der Waals surface area contributed by atoms with Crippen LogP contribution in [0.2, 0.25) is 0 Å². The molecule has 0 aliphatic carbocycles. The molecule has 6 heteroatoms. The summed E-state index contributed by atoms with van der Waals surface area (Å²) < 4.78 is 0. The predicted octanol–water partition coefficient (Wildman–Crippen LogP) is 4.06. The van der Waals surface area contributed by atoms with Gasteiger partial charge in [0.05, 0.1) is 11.2 Å². The minimum atomic E-state index is 0.568. The van der Waals surface area contributed by atoms with Gasteiger partial charge in [-0.3, -0.25) is 4.98 Å². The summed E-state index contributed by atoms with van der Waals surface area (Å²) >= 11 is 3.01. The maximum atomic E-state index is 5.67. The Morgan fingerprint density at radius 3 is 2.71 bits per heavy atom. The smallest absolute Gasteiger partial charge is 0.180 e. The van der Waals surface area contributed by atoms with E-state index in [4.69, 9.17) is 5.73 Å². The van der Waals surface area contributed by atoms with E-state index in [-0.39, 0.29) is 0 Å². The fraction of sp³-hybridized carbons (Fsp3) is 0. The molecule has 3 aromatic heterocycles. The first-order chi connectivity index (χ1) is 10.3. The molecule has 21 heavy (non-hydrogen) atoms. The molecule has 0 atom stereocenters. The molecule has 102 valence electrons. The number of benzene rings is 1. The Labute approximate surface area is 129 Å². The molecule has 4 rings (SSSR count). The summed E-state index contributed by atoms with van der Waals surface area (Å²) in [6.45, 7) is 0. The minimum Gasteiger partial charge on any atom is -0.375 e. The predicted molar refractivity (Wildman–Crippen MR) is 88.4 cm³/mol. The van der Waals surface area contributed by atoms with Crippen molar-refractivity contribution in [2.75, 3.05) is 5.73 Å². The zero-order valence-electron chi connectivity index (χ0n) is 10.9. The lowest BCUT2D eigenvalue weighted by atomic mass is 10.1. The van der Waals surface area contributed by atoms with Crippen molar-refractivity contribution in [3.63, 3.8) is 0 Å². The van der Waals surface area contributed by atoms with E-state index in [0.717, 1.165) is 32.9 Å². The number of hydrogen-bond donors (Lipinski definition) is 1. The topological polar surface area (TPSA) is 64.7 Å². The molecule has 0 radical (unpaired) electrons. The third-order valence-electron chi connectivity index (χ3n) is 3.14. The van der Waals surface area contributed by atoms with Crippen molar-refractivity contribution in [2.45, 2.75) is 0 Å². The summed E-state index contributed by atoms with van der Waals surface area (Å²) in [7, 11) is 0. The fourth-order valence-electron chi connectivity index (χ4n) is 2.14. The van der Waals surface area contributed by atoms with Crippen molar-refractivity contribution in [1.82, 2.24) is 15.0 Å². The third kappa shape index (κ3) is 2.28. The zero-order chi connectivity index (χ0) is 14.2. The number of nitrogen functional groups attached to an aromatic ring is 1. The monoisotopic (exact) mass is 310 g/mol. The summed E-state index contributed by atoms with van der Waals surface area (Å²) in [5.41, 5.74) is 9.54. The number of rotatable bonds is 2. The molecule has 0 aliphatic rings. The fourth-order valence-corrected chi connectivity index (χ4v) is 3.56. The molecule has 1 aromatic carbocycles. The number of nitrogens with zero attached hydrogens (tertiary/aromatic N) is 3. The number of thiazole rings is 2. The summed E-state index contributed by atoms with van der Waals surface area (Å²) in [5.74, 6) is 0. The first-order valence-corrected chi connectivity index (χ1v) is 8.07. The number of aromatic nitrogens is 3. The molecule has 0 unspecified atom stereocenters. The van der Waals surface area contributed by atoms with Crippen LogP contribution in [0.3, 0.4) is 0 Å². The Balaban J connectivity index is 1.77. The van der Waals surface area contributed by atoms with Crippen molar-refractivity contribution in [3.8, 4) is 22.0 Å². The lowest BCUT2D eigenvalue weighted by Crippen LogP contribution is -1.83. The summed E-state index contributed by atoms with van der Waals surface area (Å²) in [6.07, 6.45) is 1.80. The molecule has 0 amide bonds. The van der Waals surface area contributed by atoms with Crippen molar-refractivity contribution < 1.29 is 0 Å². The van der Waals surface area contributed by atoms with Crippen LogP contribution in [-0.2, 0) is 0 Å². The summed E-state index contributed by atoms with van der Waals surface area (Å²) in [6, 6.07) is 10.2.